The van der Waals surface area contributed by atoms with Crippen LogP contribution in [0.1, 0.15) is 18.1 Å². The van der Waals surface area contributed by atoms with Crippen LogP contribution in [0, 0.1) is 18.3 Å². The minimum absolute atomic E-state index is 0.143. The van der Waals surface area contributed by atoms with E-state index < -0.39 is 11.9 Å². The third-order valence-corrected chi connectivity index (χ3v) is 4.53. The average Bonchev–Trinajstić information content (AvgIpc) is 2.73. The van der Waals surface area contributed by atoms with Crippen LogP contribution in [0.3, 0.4) is 0 Å². The van der Waals surface area contributed by atoms with Crippen LogP contribution in [0.2, 0.25) is 10.0 Å². The predicted octanol–water partition coefficient (Wildman–Crippen LogP) is 4.80. The lowest BCUT2D eigenvalue weighted by Gasteiger charge is -2.14. The van der Waals surface area contributed by atoms with Crippen molar-refractivity contribution in [2.24, 2.45) is 0 Å². The van der Waals surface area contributed by atoms with E-state index >= 15 is 0 Å². The number of rotatable bonds is 8. The summed E-state index contributed by atoms with van der Waals surface area (Å²) in [6.07, 6.45) is 1.37. The molecule has 162 valence electrons. The molecular weight excluding hydrogens is 443 g/mol. The zero-order valence-corrected chi connectivity index (χ0v) is 18.6. The van der Waals surface area contributed by atoms with Crippen LogP contribution in [0.4, 0.5) is 5.69 Å². The van der Waals surface area contributed by atoms with Crippen LogP contribution < -0.4 is 14.8 Å². The number of benzene rings is 2. The van der Waals surface area contributed by atoms with E-state index in [4.69, 9.17) is 32.7 Å². The molecule has 0 spiro atoms. The Labute approximate surface area is 190 Å². The molecule has 2 aromatic rings. The van der Waals surface area contributed by atoms with E-state index in [-0.39, 0.29) is 28.7 Å². The molecule has 7 nitrogen and oxygen atoms in total. The summed E-state index contributed by atoms with van der Waals surface area (Å²) in [5.74, 6) is -0.771. The summed E-state index contributed by atoms with van der Waals surface area (Å²) >= 11 is 12.3. The van der Waals surface area contributed by atoms with Gasteiger partial charge < -0.3 is 19.5 Å². The summed E-state index contributed by atoms with van der Waals surface area (Å²) in [6.45, 7) is 3.53. The van der Waals surface area contributed by atoms with Crippen molar-refractivity contribution in [1.82, 2.24) is 0 Å². The van der Waals surface area contributed by atoms with E-state index in [1.165, 1.54) is 19.3 Å². The molecular formula is C22H20Cl2N2O5. The maximum absolute atomic E-state index is 12.6. The number of hydrogen-bond donors (Lipinski definition) is 1. The Hall–Kier alpha value is -3.21. The number of carbonyl (C=O) groups excluding carboxylic acids is 2. The number of nitriles is 1. The first kappa shape index (κ1) is 24.1. The fraction of sp³-hybridized carbons (Fsp3) is 0.227. The monoisotopic (exact) mass is 462 g/mol. The molecule has 0 fully saturated rings. The van der Waals surface area contributed by atoms with E-state index in [1.807, 2.05) is 13.0 Å². The van der Waals surface area contributed by atoms with Crippen LogP contribution in [-0.2, 0) is 14.3 Å². The van der Waals surface area contributed by atoms with Crippen LogP contribution in [0.25, 0.3) is 6.08 Å². The van der Waals surface area contributed by atoms with Crippen molar-refractivity contribution in [2.45, 2.75) is 13.8 Å². The second-order valence-corrected chi connectivity index (χ2v) is 7.05. The van der Waals surface area contributed by atoms with Crippen molar-refractivity contribution >= 4 is 46.8 Å². The standard InChI is InChI=1S/C22H20Cl2N2O5/c1-4-30-19-9-14(8-17(24)21(19)31-12-20(27)29-3)7-15(11-25)22(28)26-18-10-16(23)6-5-13(18)2/h5-10H,4,12H2,1-3H3,(H,26,28)/b15-7+. The Morgan fingerprint density at radius 2 is 1.94 bits per heavy atom. The molecule has 0 atom stereocenters. The van der Waals surface area contributed by atoms with Crippen molar-refractivity contribution in [3.8, 4) is 17.6 Å². The number of nitrogens with one attached hydrogen (secondary N) is 1. The number of ether oxygens (including phenoxy) is 3. The lowest BCUT2D eigenvalue weighted by Crippen LogP contribution is -2.14. The molecule has 9 heteroatoms. The Kier molecular flexibility index (Phi) is 8.74. The highest BCUT2D eigenvalue weighted by Crippen LogP contribution is 2.37. The number of nitrogens with zero attached hydrogens (tertiary/aromatic N) is 1. The van der Waals surface area contributed by atoms with Gasteiger partial charge in [-0.05, 0) is 55.3 Å². The van der Waals surface area contributed by atoms with Gasteiger partial charge in [-0.2, -0.15) is 5.26 Å². The zero-order chi connectivity index (χ0) is 23.0. The number of amides is 1. The third-order valence-electron chi connectivity index (χ3n) is 4.02. The van der Waals surface area contributed by atoms with Gasteiger partial charge in [-0.25, -0.2) is 4.79 Å². The van der Waals surface area contributed by atoms with Crippen molar-refractivity contribution < 1.29 is 23.8 Å². The van der Waals surface area contributed by atoms with Gasteiger partial charge in [-0.3, -0.25) is 4.79 Å². The lowest BCUT2D eigenvalue weighted by atomic mass is 10.1. The number of halogens is 2. The molecule has 0 aliphatic heterocycles. The molecule has 0 radical (unpaired) electrons. The van der Waals surface area contributed by atoms with Gasteiger partial charge in [-0.1, -0.05) is 29.3 Å². The molecule has 2 rings (SSSR count). The van der Waals surface area contributed by atoms with Gasteiger partial charge in [0.1, 0.15) is 11.6 Å². The molecule has 1 amide bonds. The van der Waals surface area contributed by atoms with Crippen molar-refractivity contribution in [2.75, 3.05) is 25.6 Å². The van der Waals surface area contributed by atoms with Crippen molar-refractivity contribution in [1.29, 1.82) is 5.26 Å². The second kappa shape index (κ2) is 11.3. The van der Waals surface area contributed by atoms with E-state index in [9.17, 15) is 14.9 Å². The van der Waals surface area contributed by atoms with Crippen LogP contribution in [0.15, 0.2) is 35.9 Å². The number of methoxy groups -OCH3 is 1. The van der Waals surface area contributed by atoms with Crippen molar-refractivity contribution in [3.63, 3.8) is 0 Å². The Balaban J connectivity index is 2.34. The maximum atomic E-state index is 12.6. The Bertz CT molecular complexity index is 1060. The average molecular weight is 463 g/mol. The van der Waals surface area contributed by atoms with Crippen LogP contribution >= 0.6 is 23.2 Å². The first-order chi connectivity index (χ1) is 14.8. The molecule has 31 heavy (non-hydrogen) atoms. The summed E-state index contributed by atoms with van der Waals surface area (Å²) in [6, 6.07) is 9.98. The van der Waals surface area contributed by atoms with Crippen molar-refractivity contribution in [3.05, 3.63) is 57.1 Å². The quantitative estimate of drug-likeness (QED) is 0.343. The van der Waals surface area contributed by atoms with Gasteiger partial charge >= 0.3 is 5.97 Å². The molecule has 2 aromatic carbocycles. The van der Waals surface area contributed by atoms with E-state index in [0.29, 0.717) is 22.9 Å². The highest BCUT2D eigenvalue weighted by atomic mass is 35.5. The van der Waals surface area contributed by atoms with Gasteiger partial charge in [0, 0.05) is 10.7 Å². The summed E-state index contributed by atoms with van der Waals surface area (Å²) in [5, 5.41) is 12.8. The summed E-state index contributed by atoms with van der Waals surface area (Å²) in [7, 11) is 1.24. The number of esters is 1. The third kappa shape index (κ3) is 6.64. The Morgan fingerprint density at radius 1 is 1.19 bits per heavy atom. The number of aryl methyl sites for hydroxylation is 1. The molecule has 0 aliphatic rings. The van der Waals surface area contributed by atoms with Gasteiger partial charge in [0.2, 0.25) is 0 Å². The topological polar surface area (TPSA) is 97.6 Å². The number of anilines is 1. The summed E-state index contributed by atoms with van der Waals surface area (Å²) in [4.78, 5) is 24.0. The van der Waals surface area contributed by atoms with E-state index in [0.717, 1.165) is 5.56 Å². The number of carbonyl (C=O) groups is 2. The van der Waals surface area contributed by atoms with Gasteiger partial charge in [0.25, 0.3) is 5.91 Å². The predicted molar refractivity (Wildman–Crippen MR) is 119 cm³/mol. The Morgan fingerprint density at radius 3 is 2.58 bits per heavy atom. The molecule has 0 heterocycles. The first-order valence-corrected chi connectivity index (χ1v) is 9.89. The van der Waals surface area contributed by atoms with Crippen LogP contribution in [0.5, 0.6) is 11.5 Å². The molecule has 0 unspecified atom stereocenters. The highest BCUT2D eigenvalue weighted by Gasteiger charge is 2.16. The fourth-order valence-corrected chi connectivity index (χ4v) is 2.94. The molecule has 0 bridgehead atoms. The highest BCUT2D eigenvalue weighted by molar-refractivity contribution is 6.32. The largest absolute Gasteiger partial charge is 0.490 e. The summed E-state index contributed by atoms with van der Waals surface area (Å²) < 4.78 is 15.5. The maximum Gasteiger partial charge on any atom is 0.343 e. The smallest absolute Gasteiger partial charge is 0.343 e. The summed E-state index contributed by atoms with van der Waals surface area (Å²) in [5.41, 5.74) is 1.58. The van der Waals surface area contributed by atoms with E-state index in [2.05, 4.69) is 10.1 Å². The van der Waals surface area contributed by atoms with Gasteiger partial charge in [0.05, 0.1) is 18.7 Å². The normalized spacial score (nSPS) is 10.8. The van der Waals surface area contributed by atoms with Gasteiger partial charge in [0.15, 0.2) is 18.1 Å². The minimum atomic E-state index is -0.604. The minimum Gasteiger partial charge on any atom is -0.490 e. The number of hydrogen-bond acceptors (Lipinski definition) is 6. The molecule has 0 aromatic heterocycles. The van der Waals surface area contributed by atoms with Gasteiger partial charge in [-0.15, -0.1) is 0 Å². The fourth-order valence-electron chi connectivity index (χ4n) is 2.50. The first-order valence-electron chi connectivity index (χ1n) is 9.14. The molecule has 1 N–H and O–H groups in total. The second-order valence-electron chi connectivity index (χ2n) is 6.21. The lowest BCUT2D eigenvalue weighted by molar-refractivity contribution is -0.142. The van der Waals surface area contributed by atoms with Crippen LogP contribution in [-0.4, -0.2) is 32.2 Å². The van der Waals surface area contributed by atoms with E-state index in [1.54, 1.807) is 31.2 Å². The molecule has 0 aliphatic carbocycles. The molecule has 0 saturated carbocycles. The SMILES string of the molecule is CCOc1cc(/C=C(\C#N)C(=O)Nc2cc(Cl)ccc2C)cc(Cl)c1OCC(=O)OC. The molecule has 0 saturated heterocycles. The zero-order valence-electron chi connectivity index (χ0n) is 17.1.